The highest BCUT2D eigenvalue weighted by molar-refractivity contribution is 5.98. The number of nitrogens with one attached hydrogen (secondary N) is 1. The SMILES string of the molecule is O=C(c1ccc2cc[nH]c2c1)N1CCN2CCCC2C1. The lowest BCUT2D eigenvalue weighted by atomic mass is 10.1. The zero-order valence-corrected chi connectivity index (χ0v) is 11.5. The summed E-state index contributed by atoms with van der Waals surface area (Å²) >= 11 is 0. The van der Waals surface area contributed by atoms with Crippen LogP contribution in [-0.2, 0) is 0 Å². The van der Waals surface area contributed by atoms with Crippen molar-refractivity contribution in [1.29, 1.82) is 0 Å². The van der Waals surface area contributed by atoms with Crippen LogP contribution in [0.15, 0.2) is 30.5 Å². The van der Waals surface area contributed by atoms with Crippen LogP contribution >= 0.6 is 0 Å². The quantitative estimate of drug-likeness (QED) is 0.861. The molecule has 2 aliphatic rings. The molecular weight excluding hydrogens is 250 g/mol. The standard InChI is InChI=1S/C16H19N3O/c20-16(13-4-3-12-5-6-17-15(12)10-13)19-9-8-18-7-1-2-14(18)11-19/h3-6,10,14,17H,1-2,7-9,11H2. The molecule has 104 valence electrons. The third kappa shape index (κ3) is 1.91. The maximum atomic E-state index is 12.6. The molecule has 1 atom stereocenters. The van der Waals surface area contributed by atoms with Crippen LogP contribution in [0, 0.1) is 0 Å². The molecule has 4 nitrogen and oxygen atoms in total. The summed E-state index contributed by atoms with van der Waals surface area (Å²) in [6.45, 7) is 3.99. The molecular formula is C16H19N3O. The van der Waals surface area contributed by atoms with Crippen molar-refractivity contribution >= 4 is 16.8 Å². The molecule has 1 aromatic heterocycles. The first-order valence-electron chi connectivity index (χ1n) is 7.42. The van der Waals surface area contributed by atoms with Gasteiger partial charge in [-0.3, -0.25) is 9.69 Å². The van der Waals surface area contributed by atoms with Gasteiger partial charge in [0.05, 0.1) is 0 Å². The molecule has 1 N–H and O–H groups in total. The zero-order valence-electron chi connectivity index (χ0n) is 11.5. The number of nitrogens with zero attached hydrogens (tertiary/aromatic N) is 2. The summed E-state index contributed by atoms with van der Waals surface area (Å²) in [7, 11) is 0. The third-order valence-corrected chi connectivity index (χ3v) is 4.68. The Morgan fingerprint density at radius 2 is 2.15 bits per heavy atom. The van der Waals surface area contributed by atoms with Crippen LogP contribution in [0.2, 0.25) is 0 Å². The van der Waals surface area contributed by atoms with Gasteiger partial charge in [-0.1, -0.05) is 6.07 Å². The maximum absolute atomic E-state index is 12.6. The molecule has 0 spiro atoms. The van der Waals surface area contributed by atoms with Crippen molar-refractivity contribution in [2.45, 2.75) is 18.9 Å². The molecule has 1 amide bonds. The van der Waals surface area contributed by atoms with Gasteiger partial charge in [-0.25, -0.2) is 0 Å². The highest BCUT2D eigenvalue weighted by atomic mass is 16.2. The van der Waals surface area contributed by atoms with Crippen LogP contribution in [-0.4, -0.2) is 52.9 Å². The van der Waals surface area contributed by atoms with E-state index in [1.165, 1.54) is 19.4 Å². The maximum Gasteiger partial charge on any atom is 0.254 e. The first-order chi connectivity index (χ1) is 9.81. The van der Waals surface area contributed by atoms with E-state index in [9.17, 15) is 4.79 Å². The zero-order chi connectivity index (χ0) is 13.5. The number of hydrogen-bond acceptors (Lipinski definition) is 2. The van der Waals surface area contributed by atoms with Gasteiger partial charge in [-0.15, -0.1) is 0 Å². The predicted molar refractivity (Wildman–Crippen MR) is 78.8 cm³/mol. The van der Waals surface area contributed by atoms with Crippen LogP contribution in [0.5, 0.6) is 0 Å². The number of benzene rings is 1. The Morgan fingerprint density at radius 3 is 3.10 bits per heavy atom. The number of H-pyrrole nitrogens is 1. The van der Waals surface area contributed by atoms with E-state index in [4.69, 9.17) is 0 Å². The van der Waals surface area contributed by atoms with E-state index in [1.54, 1.807) is 0 Å². The first kappa shape index (κ1) is 12.0. The lowest BCUT2D eigenvalue weighted by Gasteiger charge is -2.37. The van der Waals surface area contributed by atoms with Crippen molar-refractivity contribution in [2.24, 2.45) is 0 Å². The van der Waals surface area contributed by atoms with Crippen LogP contribution < -0.4 is 0 Å². The fourth-order valence-electron chi connectivity index (χ4n) is 3.54. The minimum Gasteiger partial charge on any atom is -0.361 e. The Bertz CT molecular complexity index is 648. The Balaban J connectivity index is 1.56. The average molecular weight is 269 g/mol. The normalized spacial score (nSPS) is 23.2. The molecule has 4 heteroatoms. The van der Waals surface area contributed by atoms with E-state index >= 15 is 0 Å². The van der Waals surface area contributed by atoms with E-state index < -0.39 is 0 Å². The third-order valence-electron chi connectivity index (χ3n) is 4.68. The fourth-order valence-corrected chi connectivity index (χ4v) is 3.54. The minimum absolute atomic E-state index is 0.174. The van der Waals surface area contributed by atoms with E-state index in [2.05, 4.69) is 9.88 Å². The molecule has 1 aromatic carbocycles. The van der Waals surface area contributed by atoms with Crippen molar-refractivity contribution in [2.75, 3.05) is 26.2 Å². The number of hydrogen-bond donors (Lipinski definition) is 1. The van der Waals surface area contributed by atoms with Crippen molar-refractivity contribution < 1.29 is 4.79 Å². The summed E-state index contributed by atoms with van der Waals surface area (Å²) in [5.74, 6) is 0.174. The fraction of sp³-hybridized carbons (Fsp3) is 0.438. The van der Waals surface area contributed by atoms with Crippen LogP contribution in [0.25, 0.3) is 10.9 Å². The Kier molecular flexibility index (Phi) is 2.77. The molecule has 1 unspecified atom stereocenters. The number of aromatic amines is 1. The predicted octanol–water partition coefficient (Wildman–Crippen LogP) is 2.09. The molecule has 4 rings (SSSR count). The molecule has 2 aromatic rings. The Morgan fingerprint density at radius 1 is 1.20 bits per heavy atom. The topological polar surface area (TPSA) is 39.3 Å². The second kappa shape index (κ2) is 4.63. The molecule has 0 saturated carbocycles. The van der Waals surface area contributed by atoms with Gasteiger partial charge < -0.3 is 9.88 Å². The van der Waals surface area contributed by atoms with Gasteiger partial charge in [-0.2, -0.15) is 0 Å². The van der Waals surface area contributed by atoms with Crippen molar-refractivity contribution in [1.82, 2.24) is 14.8 Å². The van der Waals surface area contributed by atoms with E-state index in [-0.39, 0.29) is 5.91 Å². The van der Waals surface area contributed by atoms with Gasteiger partial charge >= 0.3 is 0 Å². The molecule has 3 heterocycles. The van der Waals surface area contributed by atoms with Gasteiger partial charge in [0.25, 0.3) is 5.91 Å². The van der Waals surface area contributed by atoms with Crippen LogP contribution in [0.3, 0.4) is 0 Å². The molecule has 20 heavy (non-hydrogen) atoms. The number of aromatic nitrogens is 1. The van der Waals surface area contributed by atoms with E-state index in [0.29, 0.717) is 6.04 Å². The lowest BCUT2D eigenvalue weighted by molar-refractivity contribution is 0.0571. The second-order valence-corrected chi connectivity index (χ2v) is 5.86. The molecule has 0 bridgehead atoms. The number of carbonyl (C=O) groups is 1. The number of carbonyl (C=O) groups excluding carboxylic acids is 1. The van der Waals surface area contributed by atoms with Gasteiger partial charge in [0, 0.05) is 43.0 Å². The molecule has 2 aliphatic heterocycles. The van der Waals surface area contributed by atoms with Crippen LogP contribution in [0.4, 0.5) is 0 Å². The van der Waals surface area contributed by atoms with E-state index in [0.717, 1.165) is 36.1 Å². The summed E-state index contributed by atoms with van der Waals surface area (Å²) in [5.41, 5.74) is 1.83. The molecule has 2 saturated heterocycles. The van der Waals surface area contributed by atoms with Gasteiger partial charge in [-0.05, 0) is 43.0 Å². The van der Waals surface area contributed by atoms with E-state index in [1.807, 2.05) is 35.4 Å². The summed E-state index contributed by atoms with van der Waals surface area (Å²) in [6, 6.07) is 8.55. The first-order valence-corrected chi connectivity index (χ1v) is 7.42. The summed E-state index contributed by atoms with van der Waals surface area (Å²) in [5, 5.41) is 1.15. The van der Waals surface area contributed by atoms with Crippen LogP contribution in [0.1, 0.15) is 23.2 Å². The van der Waals surface area contributed by atoms with Crippen molar-refractivity contribution in [3.8, 4) is 0 Å². The Labute approximate surface area is 118 Å². The molecule has 0 radical (unpaired) electrons. The van der Waals surface area contributed by atoms with Gasteiger partial charge in [0.1, 0.15) is 0 Å². The highest BCUT2D eigenvalue weighted by Crippen LogP contribution is 2.23. The van der Waals surface area contributed by atoms with Crippen molar-refractivity contribution in [3.63, 3.8) is 0 Å². The average Bonchev–Trinajstić information content (AvgIpc) is 3.13. The largest absolute Gasteiger partial charge is 0.361 e. The van der Waals surface area contributed by atoms with Gasteiger partial charge in [0.2, 0.25) is 0 Å². The molecule has 2 fully saturated rings. The monoisotopic (exact) mass is 269 g/mol. The highest BCUT2D eigenvalue weighted by Gasteiger charge is 2.32. The number of piperazine rings is 1. The number of fused-ring (bicyclic) bond motifs is 2. The lowest BCUT2D eigenvalue weighted by Crippen LogP contribution is -2.52. The second-order valence-electron chi connectivity index (χ2n) is 5.86. The summed E-state index contributed by atoms with van der Waals surface area (Å²) in [4.78, 5) is 20.4. The Hall–Kier alpha value is -1.81. The molecule has 0 aliphatic carbocycles. The number of rotatable bonds is 1. The number of amides is 1. The minimum atomic E-state index is 0.174. The summed E-state index contributed by atoms with van der Waals surface area (Å²) in [6.07, 6.45) is 4.43. The van der Waals surface area contributed by atoms with Crippen molar-refractivity contribution in [3.05, 3.63) is 36.0 Å². The smallest absolute Gasteiger partial charge is 0.254 e. The van der Waals surface area contributed by atoms with Gasteiger partial charge in [0.15, 0.2) is 0 Å². The summed E-state index contributed by atoms with van der Waals surface area (Å²) < 4.78 is 0.